The Labute approximate surface area is 579 Å². The summed E-state index contributed by atoms with van der Waals surface area (Å²) in [5.41, 5.74) is 10.8. The molecule has 0 amide bonds. The molecule has 312 valence electrons. The van der Waals surface area contributed by atoms with Crippen molar-refractivity contribution in [3.05, 3.63) is 178 Å². The van der Waals surface area contributed by atoms with Crippen LogP contribution >= 0.6 is 0 Å². The first-order valence-electron chi connectivity index (χ1n) is 19.9. The van der Waals surface area contributed by atoms with Gasteiger partial charge in [-0.3, -0.25) is 41.0 Å². The summed E-state index contributed by atoms with van der Waals surface area (Å²) in [4.78, 5) is 0. The molecule has 8 heteroatoms. The van der Waals surface area contributed by atoms with Crippen LogP contribution in [0.25, 0.3) is 0 Å². The Hall–Kier alpha value is 4.93. The van der Waals surface area contributed by atoms with Crippen LogP contribution in [0.15, 0.2) is 124 Å². The maximum Gasteiger partial charge on any atom is 0 e. The van der Waals surface area contributed by atoms with Crippen LogP contribution in [0.1, 0.15) is 150 Å². The fourth-order valence-electron chi connectivity index (χ4n) is 5.12. The van der Waals surface area contributed by atoms with E-state index in [0.29, 0.717) is 0 Å². The van der Waals surface area contributed by atoms with Gasteiger partial charge in [-0.2, -0.15) is 78.5 Å². The van der Waals surface area contributed by atoms with Gasteiger partial charge in [0.15, 0.2) is 0 Å². The van der Waals surface area contributed by atoms with Crippen molar-refractivity contribution in [2.75, 3.05) is 0 Å². The predicted octanol–water partition coefficient (Wildman–Crippen LogP) is 15.7. The van der Waals surface area contributed by atoms with Crippen molar-refractivity contribution in [3.8, 4) is 0 Å². The molecular weight excluding hydrogens is 1350 g/mol. The molecular formula is C53H68Y8-8. The van der Waals surface area contributed by atoms with Gasteiger partial charge in [-0.1, -0.05) is 119 Å². The van der Waals surface area contributed by atoms with E-state index >= 15 is 0 Å². The van der Waals surface area contributed by atoms with Crippen molar-refractivity contribution in [1.29, 1.82) is 0 Å². The van der Waals surface area contributed by atoms with E-state index in [1.54, 1.807) is 0 Å². The van der Waals surface area contributed by atoms with Crippen LogP contribution in [-0.4, -0.2) is 0 Å². The molecule has 7 aliphatic rings. The largest absolute Gasteiger partial charge is 0.497 e. The molecule has 0 unspecified atom stereocenters. The molecule has 0 aliphatic heterocycles. The second-order valence-electron chi connectivity index (χ2n) is 14.0. The molecule has 0 bridgehead atoms. The second kappa shape index (κ2) is 61.1. The van der Waals surface area contributed by atoms with E-state index in [9.17, 15) is 0 Å². The zero-order valence-electron chi connectivity index (χ0n) is 39.3. The van der Waals surface area contributed by atoms with Crippen LogP contribution in [0.3, 0.4) is 0 Å². The van der Waals surface area contributed by atoms with Gasteiger partial charge in [0.2, 0.25) is 0 Å². The second-order valence-corrected chi connectivity index (χ2v) is 14.0. The van der Waals surface area contributed by atoms with Crippen molar-refractivity contribution in [2.45, 2.75) is 152 Å². The predicted molar refractivity (Wildman–Crippen MR) is 232 cm³/mol. The maximum absolute atomic E-state index is 3.30. The van der Waals surface area contributed by atoms with Crippen LogP contribution < -0.4 is 0 Å². The molecule has 0 saturated heterocycles. The summed E-state index contributed by atoms with van der Waals surface area (Å²) in [6.45, 7) is 16.8. The zero-order valence-corrected chi connectivity index (χ0v) is 62.0. The summed E-state index contributed by atoms with van der Waals surface area (Å²) < 4.78 is 0. The van der Waals surface area contributed by atoms with Gasteiger partial charge in [-0.05, 0) is 6.42 Å². The summed E-state index contributed by atoms with van der Waals surface area (Å²) in [7, 11) is 0. The third-order valence-electron chi connectivity index (χ3n) is 8.49. The fourth-order valence-corrected chi connectivity index (χ4v) is 5.12. The molecule has 0 nitrogen and oxygen atoms in total. The molecule has 1 aromatic rings. The number of rotatable bonds is 0. The minimum absolute atomic E-state index is 0. The molecule has 0 heterocycles. The topological polar surface area (TPSA) is 0 Å². The van der Waals surface area contributed by atoms with Crippen molar-refractivity contribution in [1.82, 2.24) is 0 Å². The molecule has 0 saturated carbocycles. The van der Waals surface area contributed by atoms with Crippen molar-refractivity contribution < 1.29 is 262 Å². The first-order chi connectivity index (χ1) is 25.7. The molecule has 0 spiro atoms. The Bertz CT molecular complexity index is 1510. The van der Waals surface area contributed by atoms with E-state index in [2.05, 4.69) is 146 Å². The molecule has 0 fully saturated rings. The van der Waals surface area contributed by atoms with Gasteiger partial charge in [0.25, 0.3) is 0 Å². The Morgan fingerprint density at radius 3 is 1.20 bits per heavy atom. The Morgan fingerprint density at radius 1 is 0.410 bits per heavy atom. The maximum atomic E-state index is 3.30. The average molecular weight is 1420 g/mol. The minimum Gasteiger partial charge on any atom is -0.497 e. The summed E-state index contributed by atoms with van der Waals surface area (Å²) >= 11 is 0. The molecule has 1 aromatic carbocycles. The third kappa shape index (κ3) is 59.2. The van der Waals surface area contributed by atoms with Crippen LogP contribution in [-0.2, 0) is 262 Å². The molecule has 0 aromatic heterocycles. The van der Waals surface area contributed by atoms with E-state index in [0.717, 1.165) is 32.1 Å². The van der Waals surface area contributed by atoms with E-state index < -0.39 is 0 Å². The van der Waals surface area contributed by atoms with E-state index in [1.165, 1.54) is 109 Å². The molecule has 61 heavy (non-hydrogen) atoms. The van der Waals surface area contributed by atoms with Gasteiger partial charge in [0, 0.05) is 262 Å². The first kappa shape index (κ1) is 82.8. The van der Waals surface area contributed by atoms with Gasteiger partial charge < -0.3 is 18.2 Å². The Morgan fingerprint density at radius 2 is 0.984 bits per heavy atom. The first-order valence-corrected chi connectivity index (χ1v) is 19.9. The normalized spacial score (nSPS) is 15.8. The SMILES string of the molecule is CC1=[C-]C=CC1.CC1=[C-]C=CCC1.CC1=[C-]CC=C1.CC1=[C-]CC=CC1.CC1=[C-]CCC1.CC1=[C-]CCC=C1.CC1=[C-]CCCC1.Cc1[c-]cccc1.[Y].[Y].[Y].[Y].[Y].[Y].[Y].[Y]. The van der Waals surface area contributed by atoms with Crippen LogP contribution in [0.5, 0.6) is 0 Å². The van der Waals surface area contributed by atoms with E-state index in [4.69, 9.17) is 0 Å². The van der Waals surface area contributed by atoms with Gasteiger partial charge in [-0.25, -0.2) is 47.6 Å². The molecule has 7 aliphatic carbocycles. The molecule has 0 atom stereocenters. The number of benzene rings is 1. The fraction of sp³-hybridized carbons (Fsp3) is 0.434. The molecule has 8 radical (unpaired) electrons. The van der Waals surface area contributed by atoms with Crippen molar-refractivity contribution in [3.63, 3.8) is 0 Å². The van der Waals surface area contributed by atoms with Crippen molar-refractivity contribution in [2.24, 2.45) is 0 Å². The van der Waals surface area contributed by atoms with Crippen molar-refractivity contribution >= 4 is 0 Å². The van der Waals surface area contributed by atoms with Crippen LogP contribution in [0.2, 0.25) is 0 Å². The minimum atomic E-state index is 0. The van der Waals surface area contributed by atoms with Gasteiger partial charge >= 0.3 is 0 Å². The number of hydrogen-bond acceptors (Lipinski definition) is 0. The summed E-state index contributed by atoms with van der Waals surface area (Å²) in [5.74, 6) is 0. The number of hydrogen-bond donors (Lipinski definition) is 0. The smallest absolute Gasteiger partial charge is 0 e. The third-order valence-corrected chi connectivity index (χ3v) is 8.49. The van der Waals surface area contributed by atoms with Crippen LogP contribution in [0.4, 0.5) is 0 Å². The Balaban J connectivity index is -0.0000000862. The van der Waals surface area contributed by atoms with Gasteiger partial charge in [-0.15, -0.1) is 18.9 Å². The zero-order chi connectivity index (χ0) is 38.8. The van der Waals surface area contributed by atoms with Crippen LogP contribution in [0, 0.1) is 55.5 Å². The summed E-state index contributed by atoms with van der Waals surface area (Å²) in [6.07, 6.45) is 61.3. The van der Waals surface area contributed by atoms with E-state index in [-0.39, 0.29) is 262 Å². The standard InChI is InChI=1S/C7H11.3C7H9.C7H7.C6H9.2C6H7.8Y/c5*1-7-5-3-2-4-6-7;3*1-6-4-2-3-5-6;;;;;;;;/h2-5H2,1H3;3,5H,2,4H2,1H3;2-3H,4,6H2,1H3;2-3H,4-5H2,1H3;2-5H,1H3;2-4H2,1H3;2,4H,3H2,1H3;2-3H,4H2,1H3;;;;;;;;/q8*-1;;;;;;;;. The molecule has 8 rings (SSSR count). The molecule has 0 N–H and O–H groups in total. The van der Waals surface area contributed by atoms with E-state index in [1.807, 2.05) is 43.3 Å². The number of allylic oxidation sites excluding steroid dienone is 24. The quantitative estimate of drug-likeness (QED) is 0.179. The van der Waals surface area contributed by atoms with Gasteiger partial charge in [0.1, 0.15) is 0 Å². The average Bonchev–Trinajstić information content (AvgIpc) is 3.98. The Kier molecular flexibility index (Phi) is 82.9. The van der Waals surface area contributed by atoms with Gasteiger partial charge in [0.05, 0.1) is 0 Å². The number of aryl methyl sites for hydroxylation is 1. The summed E-state index contributed by atoms with van der Waals surface area (Å²) in [6, 6.07) is 10.9. The summed E-state index contributed by atoms with van der Waals surface area (Å²) in [5, 5.41) is 0. The monoisotopic (exact) mass is 1420 g/mol.